The third-order valence-corrected chi connectivity index (χ3v) is 3.17. The van der Waals surface area contributed by atoms with Crippen LogP contribution < -0.4 is 5.73 Å². The molecule has 0 bridgehead atoms. The molecule has 14 heavy (non-hydrogen) atoms. The second-order valence-electron chi connectivity index (χ2n) is 4.34. The number of hydrogen-bond donors (Lipinski definition) is 1. The molecule has 0 atom stereocenters. The van der Waals surface area contributed by atoms with Gasteiger partial charge in [-0.3, -0.25) is 0 Å². The molecular formula is C12H16FN. The molecule has 0 aromatic heterocycles. The lowest BCUT2D eigenvalue weighted by atomic mass is 9.74. The minimum absolute atomic E-state index is 0.0778. The van der Waals surface area contributed by atoms with Gasteiger partial charge in [0.25, 0.3) is 0 Å². The van der Waals surface area contributed by atoms with Crippen molar-refractivity contribution in [3.8, 4) is 0 Å². The van der Waals surface area contributed by atoms with E-state index in [1.165, 1.54) is 24.1 Å². The number of halogens is 1. The maximum absolute atomic E-state index is 12.6. The van der Waals surface area contributed by atoms with Gasteiger partial charge in [0.2, 0.25) is 0 Å². The van der Waals surface area contributed by atoms with Crippen LogP contribution in [0.1, 0.15) is 31.2 Å². The van der Waals surface area contributed by atoms with E-state index in [1.807, 2.05) is 12.1 Å². The van der Waals surface area contributed by atoms with E-state index in [-0.39, 0.29) is 11.4 Å². The van der Waals surface area contributed by atoms with E-state index < -0.39 is 0 Å². The molecule has 1 saturated carbocycles. The first kappa shape index (κ1) is 9.66. The van der Waals surface area contributed by atoms with E-state index in [0.29, 0.717) is 0 Å². The largest absolute Gasteiger partial charge is 0.325 e. The number of benzene rings is 1. The first-order valence-electron chi connectivity index (χ1n) is 5.21. The second-order valence-corrected chi connectivity index (χ2v) is 4.34. The molecule has 0 heterocycles. The van der Waals surface area contributed by atoms with E-state index in [0.717, 1.165) is 25.7 Å². The molecule has 0 unspecified atom stereocenters. The molecule has 0 saturated heterocycles. The Balaban J connectivity index is 1.88. The quantitative estimate of drug-likeness (QED) is 0.784. The lowest BCUT2D eigenvalue weighted by molar-refractivity contribution is 0.232. The van der Waals surface area contributed by atoms with Crippen molar-refractivity contribution in [1.29, 1.82) is 0 Å². The Bertz CT molecular complexity index is 301. The van der Waals surface area contributed by atoms with Crippen LogP contribution in [-0.2, 0) is 6.42 Å². The third kappa shape index (κ3) is 2.13. The molecule has 2 rings (SSSR count). The zero-order valence-corrected chi connectivity index (χ0v) is 8.30. The number of aryl methyl sites for hydroxylation is 1. The molecule has 1 aliphatic carbocycles. The molecule has 1 fully saturated rings. The lowest BCUT2D eigenvalue weighted by Gasteiger charge is -2.38. The zero-order valence-electron chi connectivity index (χ0n) is 8.30. The van der Waals surface area contributed by atoms with Crippen LogP contribution in [-0.4, -0.2) is 5.54 Å². The summed E-state index contributed by atoms with van der Waals surface area (Å²) in [4.78, 5) is 0. The molecule has 1 aromatic carbocycles. The van der Waals surface area contributed by atoms with Gasteiger partial charge in [-0.2, -0.15) is 0 Å². The van der Waals surface area contributed by atoms with Crippen molar-refractivity contribution in [2.75, 3.05) is 0 Å². The van der Waals surface area contributed by atoms with Crippen LogP contribution in [0.25, 0.3) is 0 Å². The summed E-state index contributed by atoms with van der Waals surface area (Å²) in [5.74, 6) is -0.167. The topological polar surface area (TPSA) is 26.0 Å². The normalized spacial score (nSPS) is 19.0. The predicted octanol–water partition coefficient (Wildman–Crippen LogP) is 2.64. The average molecular weight is 193 g/mol. The molecule has 1 aromatic rings. The first-order chi connectivity index (χ1) is 6.68. The van der Waals surface area contributed by atoms with Gasteiger partial charge in [0, 0.05) is 5.54 Å². The monoisotopic (exact) mass is 193 g/mol. The lowest BCUT2D eigenvalue weighted by Crippen LogP contribution is -2.46. The van der Waals surface area contributed by atoms with Gasteiger partial charge in [0.1, 0.15) is 5.82 Å². The van der Waals surface area contributed by atoms with Crippen LogP contribution >= 0.6 is 0 Å². The Morgan fingerprint density at radius 2 is 1.86 bits per heavy atom. The predicted molar refractivity (Wildman–Crippen MR) is 55.5 cm³/mol. The van der Waals surface area contributed by atoms with Gasteiger partial charge in [-0.15, -0.1) is 0 Å². The molecule has 76 valence electrons. The molecule has 2 N–H and O–H groups in total. The summed E-state index contributed by atoms with van der Waals surface area (Å²) in [5, 5.41) is 0. The highest BCUT2D eigenvalue weighted by atomic mass is 19.1. The Morgan fingerprint density at radius 1 is 1.21 bits per heavy atom. The highest BCUT2D eigenvalue weighted by Gasteiger charge is 2.31. The molecule has 1 aliphatic rings. The van der Waals surface area contributed by atoms with E-state index in [4.69, 9.17) is 5.73 Å². The second kappa shape index (κ2) is 3.70. The molecule has 2 heteroatoms. The van der Waals surface area contributed by atoms with Gasteiger partial charge >= 0.3 is 0 Å². The minimum Gasteiger partial charge on any atom is -0.325 e. The Labute approximate surface area is 84.1 Å². The summed E-state index contributed by atoms with van der Waals surface area (Å²) in [6.45, 7) is 0. The zero-order chi connectivity index (χ0) is 10.0. The third-order valence-electron chi connectivity index (χ3n) is 3.17. The Kier molecular flexibility index (Phi) is 2.55. The number of nitrogens with two attached hydrogens (primary N) is 1. The van der Waals surface area contributed by atoms with Crippen LogP contribution in [0.4, 0.5) is 4.39 Å². The van der Waals surface area contributed by atoms with Crippen LogP contribution in [0.15, 0.2) is 24.3 Å². The van der Waals surface area contributed by atoms with Gasteiger partial charge in [-0.05, 0) is 49.8 Å². The van der Waals surface area contributed by atoms with E-state index >= 15 is 0 Å². The summed E-state index contributed by atoms with van der Waals surface area (Å²) in [7, 11) is 0. The highest BCUT2D eigenvalue weighted by molar-refractivity contribution is 5.16. The number of rotatable bonds is 3. The molecule has 0 amide bonds. The van der Waals surface area contributed by atoms with Crippen LogP contribution in [0.5, 0.6) is 0 Å². The molecule has 0 radical (unpaired) electrons. The van der Waals surface area contributed by atoms with Crippen molar-refractivity contribution in [1.82, 2.24) is 0 Å². The SMILES string of the molecule is NC1(CCc2ccc(F)cc2)CCC1. The van der Waals surface area contributed by atoms with Crippen LogP contribution in [0, 0.1) is 5.82 Å². The molecule has 1 nitrogen and oxygen atoms in total. The number of hydrogen-bond acceptors (Lipinski definition) is 1. The van der Waals surface area contributed by atoms with E-state index in [2.05, 4.69) is 0 Å². The molecule has 0 spiro atoms. The molecule has 0 aliphatic heterocycles. The fourth-order valence-corrected chi connectivity index (χ4v) is 1.93. The van der Waals surface area contributed by atoms with Gasteiger partial charge in [0.05, 0.1) is 0 Å². The maximum Gasteiger partial charge on any atom is 0.123 e. The fraction of sp³-hybridized carbons (Fsp3) is 0.500. The highest BCUT2D eigenvalue weighted by Crippen LogP contribution is 2.33. The van der Waals surface area contributed by atoms with Crippen molar-refractivity contribution in [2.24, 2.45) is 5.73 Å². The maximum atomic E-state index is 12.6. The Morgan fingerprint density at radius 3 is 2.36 bits per heavy atom. The smallest absolute Gasteiger partial charge is 0.123 e. The molecular weight excluding hydrogens is 177 g/mol. The minimum atomic E-state index is -0.167. The van der Waals surface area contributed by atoms with Gasteiger partial charge in [-0.25, -0.2) is 4.39 Å². The Hall–Kier alpha value is -0.890. The average Bonchev–Trinajstić information content (AvgIpc) is 2.14. The van der Waals surface area contributed by atoms with Crippen molar-refractivity contribution < 1.29 is 4.39 Å². The standard InChI is InChI=1S/C12H16FN/c13-11-4-2-10(3-5-11)6-9-12(14)7-1-8-12/h2-5H,1,6-9,14H2. The van der Waals surface area contributed by atoms with Crippen molar-refractivity contribution >= 4 is 0 Å². The summed E-state index contributed by atoms with van der Waals surface area (Å²) in [5.41, 5.74) is 7.37. The first-order valence-corrected chi connectivity index (χ1v) is 5.21. The van der Waals surface area contributed by atoms with Crippen molar-refractivity contribution in [2.45, 2.75) is 37.6 Å². The van der Waals surface area contributed by atoms with Crippen LogP contribution in [0.2, 0.25) is 0 Å². The van der Waals surface area contributed by atoms with Crippen molar-refractivity contribution in [3.63, 3.8) is 0 Å². The fourth-order valence-electron chi connectivity index (χ4n) is 1.93. The summed E-state index contributed by atoms with van der Waals surface area (Å²) >= 11 is 0. The van der Waals surface area contributed by atoms with Crippen LogP contribution in [0.3, 0.4) is 0 Å². The van der Waals surface area contributed by atoms with Gasteiger partial charge in [-0.1, -0.05) is 12.1 Å². The summed E-state index contributed by atoms with van der Waals surface area (Å²) in [6, 6.07) is 6.72. The van der Waals surface area contributed by atoms with Gasteiger partial charge < -0.3 is 5.73 Å². The van der Waals surface area contributed by atoms with Gasteiger partial charge in [0.15, 0.2) is 0 Å². The summed E-state index contributed by atoms with van der Waals surface area (Å²) < 4.78 is 12.6. The van der Waals surface area contributed by atoms with Crippen molar-refractivity contribution in [3.05, 3.63) is 35.6 Å². The summed E-state index contributed by atoms with van der Waals surface area (Å²) in [6.07, 6.45) is 5.55. The van der Waals surface area contributed by atoms with E-state index in [1.54, 1.807) is 0 Å². The van der Waals surface area contributed by atoms with E-state index in [9.17, 15) is 4.39 Å².